The van der Waals surface area contributed by atoms with Crippen LogP contribution in [0.15, 0.2) is 6.20 Å². The minimum Gasteiger partial charge on any atom is -0.495 e. The summed E-state index contributed by atoms with van der Waals surface area (Å²) >= 11 is 5.08. The predicted molar refractivity (Wildman–Crippen MR) is 61.1 cm³/mol. The minimum atomic E-state index is -2.55. The first-order chi connectivity index (χ1) is 6.61. The van der Waals surface area contributed by atoms with Crippen molar-refractivity contribution in [3.8, 4) is 5.75 Å². The Hall–Kier alpha value is 0.0200. The Kier molecular flexibility index (Phi) is 4.49. The number of pyridine rings is 1. The van der Waals surface area contributed by atoms with Crippen molar-refractivity contribution in [1.29, 1.82) is 0 Å². The molecule has 0 amide bonds. The number of ether oxygens (including phenoxy) is 1. The molecule has 14 heavy (non-hydrogen) atoms. The van der Waals surface area contributed by atoms with E-state index < -0.39 is 6.43 Å². The number of rotatable bonds is 3. The van der Waals surface area contributed by atoms with Gasteiger partial charge in [-0.25, -0.2) is 8.78 Å². The summed E-state index contributed by atoms with van der Waals surface area (Å²) in [5.41, 5.74) is 0.513. The van der Waals surface area contributed by atoms with E-state index in [1.54, 1.807) is 0 Å². The molecule has 0 N–H and O–H groups in total. The molecule has 1 heterocycles. The zero-order valence-electron chi connectivity index (χ0n) is 7.23. The van der Waals surface area contributed by atoms with Crippen LogP contribution < -0.4 is 4.74 Å². The molecule has 0 aliphatic heterocycles. The van der Waals surface area contributed by atoms with Crippen molar-refractivity contribution in [3.05, 3.63) is 21.0 Å². The first kappa shape index (κ1) is 12.1. The second-order valence-electron chi connectivity index (χ2n) is 2.44. The van der Waals surface area contributed by atoms with E-state index in [0.29, 0.717) is 20.2 Å². The standard InChI is InChI=1S/C8H7BrF2INO/c1-14-5-3-13-7(8(10)11)6(12)4(5)2-9/h3,8H,2H2,1H3. The van der Waals surface area contributed by atoms with Crippen LogP contribution in [0.2, 0.25) is 0 Å². The van der Waals surface area contributed by atoms with Gasteiger partial charge in [0.05, 0.1) is 13.3 Å². The molecule has 1 aromatic rings. The van der Waals surface area contributed by atoms with Crippen LogP contribution in [0.25, 0.3) is 0 Å². The molecule has 0 radical (unpaired) electrons. The van der Waals surface area contributed by atoms with Crippen LogP contribution in [0.1, 0.15) is 17.7 Å². The molecule has 1 rings (SSSR count). The van der Waals surface area contributed by atoms with E-state index in [1.807, 2.05) is 22.6 Å². The van der Waals surface area contributed by atoms with Crippen molar-refractivity contribution in [1.82, 2.24) is 4.98 Å². The maximum atomic E-state index is 12.5. The lowest BCUT2D eigenvalue weighted by molar-refractivity contribution is 0.144. The molecule has 0 aromatic carbocycles. The third-order valence-corrected chi connectivity index (χ3v) is 3.43. The normalized spacial score (nSPS) is 10.7. The molecule has 0 aliphatic carbocycles. The lowest BCUT2D eigenvalue weighted by atomic mass is 10.2. The highest BCUT2D eigenvalue weighted by molar-refractivity contribution is 14.1. The summed E-state index contributed by atoms with van der Waals surface area (Å²) < 4.78 is 30.4. The van der Waals surface area contributed by atoms with Gasteiger partial charge in [-0.15, -0.1) is 0 Å². The Morgan fingerprint density at radius 2 is 2.29 bits per heavy atom. The molecule has 0 atom stereocenters. The largest absolute Gasteiger partial charge is 0.495 e. The Labute approximate surface area is 102 Å². The van der Waals surface area contributed by atoms with Gasteiger partial charge < -0.3 is 4.74 Å². The van der Waals surface area contributed by atoms with Crippen LogP contribution >= 0.6 is 38.5 Å². The highest BCUT2D eigenvalue weighted by Crippen LogP contribution is 2.31. The van der Waals surface area contributed by atoms with Crippen molar-refractivity contribution >= 4 is 38.5 Å². The molecule has 0 unspecified atom stereocenters. The molecular weight excluding hydrogens is 371 g/mol. The quantitative estimate of drug-likeness (QED) is 0.594. The summed E-state index contributed by atoms with van der Waals surface area (Å²) in [5, 5.41) is 0.469. The molecule has 6 heteroatoms. The molecule has 0 aliphatic rings. The molecular formula is C8H7BrF2INO. The molecule has 0 saturated carbocycles. The highest BCUT2D eigenvalue weighted by atomic mass is 127. The van der Waals surface area contributed by atoms with Gasteiger partial charge in [0.15, 0.2) is 0 Å². The average Bonchev–Trinajstić information content (AvgIpc) is 2.16. The average molecular weight is 378 g/mol. The molecule has 0 fully saturated rings. The van der Waals surface area contributed by atoms with Crippen LogP contribution in [-0.2, 0) is 5.33 Å². The third-order valence-electron chi connectivity index (χ3n) is 1.67. The van der Waals surface area contributed by atoms with E-state index in [-0.39, 0.29) is 5.69 Å². The molecule has 0 saturated heterocycles. The van der Waals surface area contributed by atoms with Gasteiger partial charge >= 0.3 is 0 Å². The summed E-state index contributed by atoms with van der Waals surface area (Å²) in [5.74, 6) is 0.524. The molecule has 2 nitrogen and oxygen atoms in total. The summed E-state index contributed by atoms with van der Waals surface area (Å²) in [6.45, 7) is 0. The maximum Gasteiger partial charge on any atom is 0.281 e. The zero-order chi connectivity index (χ0) is 10.7. The number of halogens is 4. The monoisotopic (exact) mass is 377 g/mol. The van der Waals surface area contributed by atoms with E-state index in [4.69, 9.17) is 4.74 Å². The molecule has 78 valence electrons. The number of alkyl halides is 3. The SMILES string of the molecule is COc1cnc(C(F)F)c(I)c1CBr. The lowest BCUT2D eigenvalue weighted by Gasteiger charge is -2.10. The van der Waals surface area contributed by atoms with Crippen LogP contribution in [0.5, 0.6) is 5.75 Å². The summed E-state index contributed by atoms with van der Waals surface area (Å²) in [4.78, 5) is 3.65. The van der Waals surface area contributed by atoms with Crippen LogP contribution in [0, 0.1) is 3.57 Å². The number of nitrogens with zero attached hydrogens (tertiary/aromatic N) is 1. The Morgan fingerprint density at radius 3 is 2.71 bits per heavy atom. The van der Waals surface area contributed by atoms with E-state index in [2.05, 4.69) is 20.9 Å². The smallest absolute Gasteiger partial charge is 0.281 e. The van der Waals surface area contributed by atoms with Crippen molar-refractivity contribution in [2.75, 3.05) is 7.11 Å². The van der Waals surface area contributed by atoms with Crippen molar-refractivity contribution in [3.63, 3.8) is 0 Å². The Morgan fingerprint density at radius 1 is 1.64 bits per heavy atom. The third kappa shape index (κ3) is 2.33. The fourth-order valence-corrected chi connectivity index (χ4v) is 2.89. The van der Waals surface area contributed by atoms with E-state index in [0.717, 1.165) is 0 Å². The van der Waals surface area contributed by atoms with Crippen molar-refractivity contribution in [2.45, 2.75) is 11.8 Å². The van der Waals surface area contributed by atoms with Gasteiger partial charge in [-0.1, -0.05) is 15.9 Å². The van der Waals surface area contributed by atoms with E-state index in [1.165, 1.54) is 13.3 Å². The first-order valence-electron chi connectivity index (χ1n) is 3.67. The van der Waals surface area contributed by atoms with E-state index in [9.17, 15) is 8.78 Å². The van der Waals surface area contributed by atoms with Gasteiger partial charge in [-0.2, -0.15) is 0 Å². The summed E-state index contributed by atoms with van der Waals surface area (Å²) in [6.07, 6.45) is -1.23. The molecule has 0 bridgehead atoms. The van der Waals surface area contributed by atoms with Crippen LogP contribution in [0.3, 0.4) is 0 Å². The fourth-order valence-electron chi connectivity index (χ4n) is 0.978. The number of methoxy groups -OCH3 is 1. The van der Waals surface area contributed by atoms with Gasteiger partial charge in [-0.3, -0.25) is 4.98 Å². The Bertz CT molecular complexity index is 335. The van der Waals surface area contributed by atoms with Crippen LogP contribution in [0.4, 0.5) is 8.78 Å². The van der Waals surface area contributed by atoms with Crippen molar-refractivity contribution in [2.24, 2.45) is 0 Å². The molecule has 1 aromatic heterocycles. The number of hydrogen-bond donors (Lipinski definition) is 0. The Balaban J connectivity index is 3.27. The second-order valence-corrected chi connectivity index (χ2v) is 4.08. The summed E-state index contributed by atoms with van der Waals surface area (Å²) in [7, 11) is 1.49. The molecule has 0 spiro atoms. The van der Waals surface area contributed by atoms with Crippen molar-refractivity contribution < 1.29 is 13.5 Å². The number of hydrogen-bond acceptors (Lipinski definition) is 2. The number of aromatic nitrogens is 1. The van der Waals surface area contributed by atoms with Gasteiger partial charge in [0.1, 0.15) is 11.4 Å². The summed E-state index contributed by atoms with van der Waals surface area (Å²) in [6, 6.07) is 0. The second kappa shape index (κ2) is 5.20. The van der Waals surface area contributed by atoms with Gasteiger partial charge in [0.2, 0.25) is 0 Å². The van der Waals surface area contributed by atoms with Crippen LogP contribution in [-0.4, -0.2) is 12.1 Å². The predicted octanol–water partition coefficient (Wildman–Crippen LogP) is 3.53. The lowest BCUT2D eigenvalue weighted by Crippen LogP contribution is -2.01. The van der Waals surface area contributed by atoms with Gasteiger partial charge in [0.25, 0.3) is 6.43 Å². The minimum absolute atomic E-state index is 0.194. The zero-order valence-corrected chi connectivity index (χ0v) is 11.0. The van der Waals surface area contributed by atoms with E-state index >= 15 is 0 Å². The van der Waals surface area contributed by atoms with Gasteiger partial charge in [0, 0.05) is 14.5 Å². The highest BCUT2D eigenvalue weighted by Gasteiger charge is 2.18. The first-order valence-corrected chi connectivity index (χ1v) is 5.87. The van der Waals surface area contributed by atoms with Gasteiger partial charge in [-0.05, 0) is 22.6 Å². The topological polar surface area (TPSA) is 22.1 Å². The fraction of sp³-hybridized carbons (Fsp3) is 0.375. The maximum absolute atomic E-state index is 12.5.